The maximum atomic E-state index is 12.6. The normalized spacial score (nSPS) is 15.0. The van der Waals surface area contributed by atoms with Crippen LogP contribution in [0.5, 0.6) is 5.75 Å². The van der Waals surface area contributed by atoms with Crippen LogP contribution in [0.4, 0.5) is 5.69 Å². The molecule has 1 aromatic heterocycles. The number of nitrogens with one attached hydrogen (secondary N) is 2. The number of esters is 1. The van der Waals surface area contributed by atoms with Gasteiger partial charge < -0.3 is 24.5 Å². The number of carbonyl (C=O) groups excluding carboxylic acids is 2. The number of hydrogen-bond donors (Lipinski definition) is 2. The van der Waals surface area contributed by atoms with Crippen LogP contribution in [0.1, 0.15) is 60.9 Å². The van der Waals surface area contributed by atoms with Crippen LogP contribution in [0.15, 0.2) is 24.3 Å². The number of fused-ring (bicyclic) bond motifs is 1. The summed E-state index contributed by atoms with van der Waals surface area (Å²) in [5.74, 6) is -0.00232. The summed E-state index contributed by atoms with van der Waals surface area (Å²) < 4.78 is 16.7. The van der Waals surface area contributed by atoms with Crippen LogP contribution >= 0.6 is 0 Å². The third kappa shape index (κ3) is 5.55. The van der Waals surface area contributed by atoms with E-state index in [-0.39, 0.29) is 18.6 Å². The van der Waals surface area contributed by atoms with E-state index in [1.54, 1.807) is 19.1 Å². The number of unbranched alkanes of at least 4 members (excludes halogenated alkanes) is 1. The molecule has 0 aliphatic carbocycles. The van der Waals surface area contributed by atoms with Gasteiger partial charge in [0.1, 0.15) is 11.9 Å². The zero-order valence-corrected chi connectivity index (χ0v) is 18.5. The third-order valence-corrected chi connectivity index (χ3v) is 4.87. The highest BCUT2D eigenvalue weighted by molar-refractivity contribution is 6.35. The van der Waals surface area contributed by atoms with Crippen LogP contribution in [0.3, 0.4) is 0 Å². The van der Waals surface area contributed by atoms with E-state index < -0.39 is 5.97 Å². The first-order valence-corrected chi connectivity index (χ1v) is 10.7. The molecule has 7 heteroatoms. The molecule has 0 bridgehead atoms. The number of aryl methyl sites for hydroxylation is 1. The lowest BCUT2D eigenvalue weighted by Crippen LogP contribution is -2.19. The van der Waals surface area contributed by atoms with Crippen molar-refractivity contribution < 1.29 is 23.8 Å². The third-order valence-electron chi connectivity index (χ3n) is 4.87. The minimum Gasteiger partial charge on any atom is -0.488 e. The van der Waals surface area contributed by atoms with Gasteiger partial charge in [-0.15, -0.1) is 0 Å². The summed E-state index contributed by atoms with van der Waals surface area (Å²) >= 11 is 0. The van der Waals surface area contributed by atoms with Gasteiger partial charge in [0.25, 0.3) is 5.91 Å². The Hall–Kier alpha value is -3.06. The average Bonchev–Trinajstić information content (AvgIpc) is 3.25. The van der Waals surface area contributed by atoms with Gasteiger partial charge in [0.2, 0.25) is 0 Å². The number of carbonyl (C=O) groups is 2. The molecule has 31 heavy (non-hydrogen) atoms. The van der Waals surface area contributed by atoms with Crippen LogP contribution in [0, 0.1) is 6.92 Å². The van der Waals surface area contributed by atoms with Crippen molar-refractivity contribution >= 4 is 29.2 Å². The second kappa shape index (κ2) is 10.3. The van der Waals surface area contributed by atoms with Gasteiger partial charge in [-0.1, -0.05) is 13.3 Å². The summed E-state index contributed by atoms with van der Waals surface area (Å²) in [6, 6.07) is 7.20. The van der Waals surface area contributed by atoms with Gasteiger partial charge in [0.05, 0.1) is 30.0 Å². The second-order valence-electron chi connectivity index (χ2n) is 7.58. The Morgan fingerprint density at radius 2 is 2.03 bits per heavy atom. The lowest BCUT2D eigenvalue weighted by atomic mass is 10.0. The van der Waals surface area contributed by atoms with Crippen LogP contribution in [0.25, 0.3) is 11.6 Å². The van der Waals surface area contributed by atoms with Gasteiger partial charge in [-0.3, -0.25) is 4.79 Å². The summed E-state index contributed by atoms with van der Waals surface area (Å²) in [7, 11) is 0. The molecule has 0 saturated heterocycles. The van der Waals surface area contributed by atoms with E-state index in [9.17, 15) is 9.59 Å². The van der Waals surface area contributed by atoms with Crippen molar-refractivity contribution in [2.75, 3.05) is 25.1 Å². The van der Waals surface area contributed by atoms with E-state index in [0.29, 0.717) is 34.9 Å². The maximum Gasteiger partial charge on any atom is 0.340 e. The Morgan fingerprint density at radius 1 is 1.23 bits per heavy atom. The first-order chi connectivity index (χ1) is 14.9. The molecule has 7 nitrogen and oxygen atoms in total. The quantitative estimate of drug-likeness (QED) is 0.330. The number of anilines is 1. The highest BCUT2D eigenvalue weighted by atomic mass is 16.5. The van der Waals surface area contributed by atoms with E-state index in [4.69, 9.17) is 14.2 Å². The molecule has 166 valence electrons. The average molecular weight is 427 g/mol. The molecule has 0 unspecified atom stereocenters. The SMILES string of the molecule is CCCCOC[C@@H](C)Oc1ccc2c(c1)/C(=C/c1[nH]c(C)cc1C(=O)OCC)C(=O)N2. The summed E-state index contributed by atoms with van der Waals surface area (Å²) in [4.78, 5) is 28.0. The van der Waals surface area contributed by atoms with Crippen LogP contribution < -0.4 is 10.1 Å². The number of rotatable bonds is 10. The molecule has 0 fully saturated rings. The van der Waals surface area contributed by atoms with Gasteiger partial charge in [-0.25, -0.2) is 4.79 Å². The van der Waals surface area contributed by atoms with Crippen LogP contribution in [0.2, 0.25) is 0 Å². The molecule has 0 saturated carbocycles. The van der Waals surface area contributed by atoms with Crippen molar-refractivity contribution in [3.8, 4) is 5.75 Å². The monoisotopic (exact) mass is 426 g/mol. The Labute approximate surface area is 182 Å². The van der Waals surface area contributed by atoms with E-state index in [1.165, 1.54) is 0 Å². The van der Waals surface area contributed by atoms with Crippen LogP contribution in [-0.2, 0) is 14.3 Å². The van der Waals surface area contributed by atoms with E-state index in [1.807, 2.05) is 32.0 Å². The van der Waals surface area contributed by atoms with E-state index in [2.05, 4.69) is 17.2 Å². The fourth-order valence-electron chi connectivity index (χ4n) is 3.39. The molecule has 1 aliphatic rings. The molecule has 2 N–H and O–H groups in total. The van der Waals surface area contributed by atoms with Gasteiger partial charge >= 0.3 is 5.97 Å². The van der Waals surface area contributed by atoms with E-state index >= 15 is 0 Å². The fraction of sp³-hybridized carbons (Fsp3) is 0.417. The minimum absolute atomic E-state index is 0.117. The van der Waals surface area contributed by atoms with Crippen molar-refractivity contribution in [1.82, 2.24) is 4.98 Å². The zero-order valence-electron chi connectivity index (χ0n) is 18.5. The Morgan fingerprint density at radius 3 is 2.77 bits per heavy atom. The smallest absolute Gasteiger partial charge is 0.340 e. The highest BCUT2D eigenvalue weighted by Gasteiger charge is 2.26. The van der Waals surface area contributed by atoms with Crippen LogP contribution in [-0.4, -0.2) is 42.8 Å². The summed E-state index contributed by atoms with van der Waals surface area (Å²) in [5.41, 5.74) is 3.64. The Kier molecular flexibility index (Phi) is 7.52. The predicted octanol–water partition coefficient (Wildman–Crippen LogP) is 4.58. The van der Waals surface area contributed by atoms with Crippen molar-refractivity contribution in [2.24, 2.45) is 0 Å². The number of aromatic amines is 1. The van der Waals surface area contributed by atoms with Crippen molar-refractivity contribution in [3.63, 3.8) is 0 Å². The summed E-state index contributed by atoms with van der Waals surface area (Å²) in [6.07, 6.45) is 3.68. The predicted molar refractivity (Wildman–Crippen MR) is 120 cm³/mol. The van der Waals surface area contributed by atoms with Gasteiger partial charge in [0.15, 0.2) is 0 Å². The largest absolute Gasteiger partial charge is 0.488 e. The Balaban J connectivity index is 1.82. The second-order valence-corrected chi connectivity index (χ2v) is 7.58. The lowest BCUT2D eigenvalue weighted by molar-refractivity contribution is -0.110. The summed E-state index contributed by atoms with van der Waals surface area (Å²) in [5, 5.41) is 2.86. The number of ether oxygens (including phenoxy) is 3. The number of aromatic nitrogens is 1. The maximum absolute atomic E-state index is 12.6. The molecule has 2 aromatic rings. The van der Waals surface area contributed by atoms with Crippen molar-refractivity contribution in [1.29, 1.82) is 0 Å². The standard InChI is InChI=1S/C24H30N2O5/c1-5-7-10-29-14-16(4)31-17-8-9-21-18(12-17)19(23(27)26-21)13-22-20(11-15(3)25-22)24(28)30-6-2/h8-9,11-13,16,25H,5-7,10,14H2,1-4H3,(H,26,27)/b19-13-/t16-/m1/s1. The van der Waals surface area contributed by atoms with Gasteiger partial charge in [0, 0.05) is 23.6 Å². The topological polar surface area (TPSA) is 89.7 Å². The fourth-order valence-corrected chi connectivity index (χ4v) is 3.39. The first kappa shape index (κ1) is 22.6. The zero-order chi connectivity index (χ0) is 22.4. The molecule has 1 aromatic carbocycles. The lowest BCUT2D eigenvalue weighted by Gasteiger charge is -2.15. The van der Waals surface area contributed by atoms with Gasteiger partial charge in [-0.2, -0.15) is 0 Å². The van der Waals surface area contributed by atoms with Crippen molar-refractivity contribution in [2.45, 2.75) is 46.6 Å². The van der Waals surface area contributed by atoms with E-state index in [0.717, 1.165) is 30.7 Å². The molecule has 1 aliphatic heterocycles. The molecular formula is C24H30N2O5. The first-order valence-electron chi connectivity index (χ1n) is 10.7. The van der Waals surface area contributed by atoms with Gasteiger partial charge in [-0.05, 0) is 57.5 Å². The molecular weight excluding hydrogens is 396 g/mol. The summed E-state index contributed by atoms with van der Waals surface area (Å²) in [6.45, 7) is 9.19. The molecule has 0 spiro atoms. The molecule has 0 radical (unpaired) electrons. The molecule has 1 atom stereocenters. The number of hydrogen-bond acceptors (Lipinski definition) is 5. The Bertz CT molecular complexity index is 976. The minimum atomic E-state index is -0.425. The number of amides is 1. The number of H-pyrrole nitrogens is 1. The van der Waals surface area contributed by atoms with Crippen molar-refractivity contribution in [3.05, 3.63) is 46.8 Å². The molecule has 2 heterocycles. The molecule has 3 rings (SSSR count). The highest BCUT2D eigenvalue weighted by Crippen LogP contribution is 2.36. The molecule has 1 amide bonds. The number of benzene rings is 1.